The number of ketones is 3. The molecule has 0 fully saturated rings. The number of rotatable bonds is 49. The first-order valence-corrected chi connectivity index (χ1v) is 43.8. The molecule has 12 rings (SSSR count). The number of fused-ring (bicyclic) bond motifs is 2. The average Bonchev–Trinajstić information content (AvgIpc) is 1.59. The van der Waals surface area contributed by atoms with Crippen molar-refractivity contribution >= 4 is 78.7 Å². The molecule has 0 aliphatic carbocycles. The number of imidazole rings is 2. The molecule has 674 valence electrons. The first-order valence-electron chi connectivity index (χ1n) is 42.7. The Morgan fingerprint density at radius 1 is 0.465 bits per heavy atom. The standard InChI is InChI=1S/C51H61N8O7P.C48H52N6O8/c1-37(2)59(38(3)4)67(65-29-15-28-52)66-34-40(33-64-51(41-18-13-10-14-19-41,42-20-24-45(61-7)25-21-42)43-22-26-46(62-8)27-23-43)30-44(60)31-58-36-53-47-48(58)55-50(54-35-57(5)6)56-49(47)63-32-39-16-11-9-12-17-39;1-6-39(55)21-26-43(57)60-30-35(31-62-48(36-15-11-8-12-16-36,37-17-22-41(58-4)23-18-37)38-19-24-42(59-5)25-20-38)27-40(56)28-54-33-49-44-45(54)51-47(50-32-53(2)3)52-46(44)61-29-34-13-9-7-10-14-34/h9-14,16-27,35-38,40H,15,29-34H2,1-8H3;7-20,22-25,32-33,35H,6,21,26-31H2,1-5H3/t40-,67?;35-/m01/s1. The number of Topliss-reactive ketones (excluding diaryl/α,β-unsaturated/α-hetero) is 3. The number of hydrogen-bond donors (Lipinski definition) is 0. The maximum absolute atomic E-state index is 14.6. The van der Waals surface area contributed by atoms with Gasteiger partial charge in [0.05, 0.1) is 119 Å². The van der Waals surface area contributed by atoms with Gasteiger partial charge in [-0.25, -0.2) is 24.6 Å². The highest BCUT2D eigenvalue weighted by Crippen LogP contribution is 2.48. The van der Waals surface area contributed by atoms with Crippen molar-refractivity contribution in [3.8, 4) is 40.8 Å². The average molecular weight is 1770 g/mol. The minimum atomic E-state index is -1.63. The van der Waals surface area contributed by atoms with E-state index in [0.717, 1.165) is 44.5 Å². The molecule has 0 radical (unpaired) electrons. The van der Waals surface area contributed by atoms with Crippen LogP contribution in [0, 0.1) is 23.2 Å². The largest absolute Gasteiger partial charge is 0.497 e. The monoisotopic (exact) mass is 1770 g/mol. The van der Waals surface area contributed by atoms with Gasteiger partial charge in [0, 0.05) is 77.8 Å². The Labute approximate surface area is 755 Å². The van der Waals surface area contributed by atoms with Crippen molar-refractivity contribution in [2.45, 2.75) is 123 Å². The van der Waals surface area contributed by atoms with Crippen molar-refractivity contribution in [3.05, 3.63) is 276 Å². The Morgan fingerprint density at radius 3 is 1.18 bits per heavy atom. The van der Waals surface area contributed by atoms with Gasteiger partial charge in [0.15, 0.2) is 33.9 Å². The number of carbonyl (C=O) groups excluding carboxylic acids is 4. The van der Waals surface area contributed by atoms with Crippen LogP contribution in [0.4, 0.5) is 11.9 Å². The molecular formula is C99H113N14O15P. The van der Waals surface area contributed by atoms with Crippen molar-refractivity contribution in [2.24, 2.45) is 21.8 Å². The number of aromatic nitrogens is 8. The lowest BCUT2D eigenvalue weighted by Gasteiger charge is -2.38. The molecule has 0 saturated heterocycles. The second-order valence-corrected chi connectivity index (χ2v) is 32.9. The van der Waals surface area contributed by atoms with Gasteiger partial charge in [-0.1, -0.05) is 177 Å². The summed E-state index contributed by atoms with van der Waals surface area (Å²) in [5, 5.41) is 9.39. The lowest BCUT2D eigenvalue weighted by molar-refractivity contribution is -0.148. The van der Waals surface area contributed by atoms with Crippen molar-refractivity contribution in [1.29, 1.82) is 5.26 Å². The minimum Gasteiger partial charge on any atom is -0.497 e. The van der Waals surface area contributed by atoms with Gasteiger partial charge in [-0.3, -0.25) is 19.2 Å². The molecular weight excluding hydrogens is 1660 g/mol. The number of benzene rings is 8. The highest BCUT2D eigenvalue weighted by molar-refractivity contribution is 7.44. The predicted molar refractivity (Wildman–Crippen MR) is 495 cm³/mol. The summed E-state index contributed by atoms with van der Waals surface area (Å²) >= 11 is 0. The lowest BCUT2D eigenvalue weighted by Crippen LogP contribution is -2.37. The van der Waals surface area contributed by atoms with E-state index in [2.05, 4.69) is 73.3 Å². The van der Waals surface area contributed by atoms with Gasteiger partial charge in [0.25, 0.3) is 20.4 Å². The summed E-state index contributed by atoms with van der Waals surface area (Å²) < 4.78 is 73.3. The topological polar surface area (TPSA) is 315 Å². The number of esters is 1. The predicted octanol–water partition coefficient (Wildman–Crippen LogP) is 17.1. The zero-order valence-electron chi connectivity index (χ0n) is 75.3. The van der Waals surface area contributed by atoms with Crippen LogP contribution < -0.4 is 28.4 Å². The molecule has 0 saturated carbocycles. The number of methoxy groups -OCH3 is 4. The van der Waals surface area contributed by atoms with E-state index in [9.17, 15) is 24.4 Å². The van der Waals surface area contributed by atoms with Gasteiger partial charge >= 0.3 is 5.97 Å². The summed E-state index contributed by atoms with van der Waals surface area (Å²) in [6, 6.07) is 72.5. The maximum Gasteiger partial charge on any atom is 0.306 e. The Morgan fingerprint density at radius 2 is 0.829 bits per heavy atom. The molecule has 0 aliphatic rings. The number of carbonyl (C=O) groups is 4. The second-order valence-electron chi connectivity index (χ2n) is 31.5. The number of hydrogen-bond acceptors (Lipinski definition) is 25. The first kappa shape index (κ1) is 96.4. The number of nitriles is 1. The molecule has 0 bridgehead atoms. The van der Waals surface area contributed by atoms with Gasteiger partial charge in [0.2, 0.25) is 11.8 Å². The third-order valence-corrected chi connectivity index (χ3v) is 22.9. The molecule has 0 aliphatic heterocycles. The molecule has 0 spiro atoms. The molecule has 12 aromatic rings. The summed E-state index contributed by atoms with van der Waals surface area (Å²) in [4.78, 5) is 93.8. The number of aliphatic imine (C=N–C) groups is 2. The summed E-state index contributed by atoms with van der Waals surface area (Å²) in [5.41, 5.74) is 6.14. The zero-order valence-corrected chi connectivity index (χ0v) is 76.2. The fourth-order valence-electron chi connectivity index (χ4n) is 14.5. The smallest absolute Gasteiger partial charge is 0.306 e. The van der Waals surface area contributed by atoms with Crippen LogP contribution in [0.15, 0.2) is 241 Å². The first-order chi connectivity index (χ1) is 62.6. The van der Waals surface area contributed by atoms with E-state index in [1.54, 1.807) is 73.3 Å². The Balaban J connectivity index is 0.000000250. The van der Waals surface area contributed by atoms with E-state index in [0.29, 0.717) is 51.7 Å². The second kappa shape index (κ2) is 48.1. The van der Waals surface area contributed by atoms with Crippen LogP contribution in [0.5, 0.6) is 34.8 Å². The normalized spacial score (nSPS) is 12.4. The summed E-state index contributed by atoms with van der Waals surface area (Å²) in [5.74, 6) is 1.56. The maximum atomic E-state index is 14.6. The van der Waals surface area contributed by atoms with Gasteiger partial charge in [-0.2, -0.15) is 25.2 Å². The van der Waals surface area contributed by atoms with Crippen LogP contribution >= 0.6 is 8.53 Å². The van der Waals surface area contributed by atoms with E-state index in [1.807, 2.05) is 247 Å². The van der Waals surface area contributed by atoms with Crippen molar-refractivity contribution < 1.29 is 70.9 Å². The van der Waals surface area contributed by atoms with Crippen LogP contribution in [0.3, 0.4) is 0 Å². The molecule has 4 aromatic heterocycles. The molecule has 129 heavy (non-hydrogen) atoms. The Hall–Kier alpha value is -13.2. The highest BCUT2D eigenvalue weighted by atomic mass is 31.2. The Kier molecular flexibility index (Phi) is 36.0. The summed E-state index contributed by atoms with van der Waals surface area (Å²) in [6.07, 6.45) is 6.86. The molecule has 29 nitrogen and oxygen atoms in total. The van der Waals surface area contributed by atoms with Crippen LogP contribution in [-0.4, -0.2) is 191 Å². The zero-order chi connectivity index (χ0) is 91.7. The lowest BCUT2D eigenvalue weighted by atomic mass is 9.79. The van der Waals surface area contributed by atoms with Crippen molar-refractivity contribution in [1.82, 2.24) is 53.5 Å². The van der Waals surface area contributed by atoms with Gasteiger partial charge in [-0.15, -0.1) is 0 Å². The van der Waals surface area contributed by atoms with Crippen LogP contribution in [0.2, 0.25) is 0 Å². The summed E-state index contributed by atoms with van der Waals surface area (Å²) in [7, 11) is 12.2. The van der Waals surface area contributed by atoms with E-state index < -0.39 is 37.5 Å². The third kappa shape index (κ3) is 26.5. The molecule has 0 amide bonds. The van der Waals surface area contributed by atoms with Gasteiger partial charge < -0.3 is 70.6 Å². The molecule has 1 unspecified atom stereocenters. The van der Waals surface area contributed by atoms with E-state index in [-0.39, 0.29) is 145 Å². The van der Waals surface area contributed by atoms with Crippen LogP contribution in [0.25, 0.3) is 22.3 Å². The van der Waals surface area contributed by atoms with Crippen molar-refractivity contribution in [2.75, 3.05) is 89.7 Å². The highest BCUT2D eigenvalue weighted by Gasteiger charge is 2.42. The fourth-order valence-corrected chi connectivity index (χ4v) is 16.1. The van der Waals surface area contributed by atoms with Crippen LogP contribution in [0.1, 0.15) is 118 Å². The van der Waals surface area contributed by atoms with E-state index >= 15 is 0 Å². The molecule has 3 atom stereocenters. The van der Waals surface area contributed by atoms with E-state index in [1.165, 1.54) is 6.33 Å². The Bertz CT molecular complexity index is 5550. The molecule has 8 aromatic carbocycles. The quantitative estimate of drug-likeness (QED) is 0.00854. The molecule has 0 N–H and O–H groups in total. The third-order valence-electron chi connectivity index (χ3n) is 20.8. The molecule has 30 heteroatoms. The van der Waals surface area contributed by atoms with E-state index in [4.69, 9.17) is 56.7 Å². The van der Waals surface area contributed by atoms with Gasteiger partial charge in [-0.05, 0) is 121 Å². The SMILES string of the molecule is CCC(=O)CCC(=O)OC[C@H](COC(c1ccccc1)(c1ccc(OC)cc1)c1ccc(OC)cc1)CC(=O)Cn1cnc2c(OCc3ccccc3)nc(N=CN(C)C)nc21.COc1ccc(C(OC[C@@H](COP(OCCC#N)N(C(C)C)C(C)C)CC(=O)Cn2cnc3c(OCc4ccccc4)nc(N=CN(C)C)nc32)(c2ccccc2)c2ccc(OC)cc2)cc1. The van der Waals surface area contributed by atoms with Crippen molar-refractivity contribution in [3.63, 3.8) is 0 Å². The number of ether oxygens (including phenoxy) is 9. The molecule has 4 heterocycles. The van der Waals surface area contributed by atoms with Crippen LogP contribution in [-0.2, 0) is 79.9 Å². The summed E-state index contributed by atoms with van der Waals surface area (Å²) in [6.45, 7) is 10.7. The number of nitrogens with zero attached hydrogens (tertiary/aromatic N) is 14. The van der Waals surface area contributed by atoms with Gasteiger partial charge in [0.1, 0.15) is 53.2 Å². The minimum absolute atomic E-state index is 0.00637. The fraction of sp³-hybridized carbons (Fsp3) is 0.343.